The highest BCUT2D eigenvalue weighted by molar-refractivity contribution is 5.32. The Morgan fingerprint density at radius 1 is 1.33 bits per heavy atom. The van der Waals surface area contributed by atoms with Crippen LogP contribution in [0.15, 0.2) is 24.3 Å². The van der Waals surface area contributed by atoms with Crippen molar-refractivity contribution in [1.82, 2.24) is 0 Å². The van der Waals surface area contributed by atoms with Crippen molar-refractivity contribution in [3.05, 3.63) is 29.8 Å². The Morgan fingerprint density at radius 3 is 2.56 bits per heavy atom. The van der Waals surface area contributed by atoms with Crippen LogP contribution in [0.2, 0.25) is 0 Å². The highest BCUT2D eigenvalue weighted by Gasteiger charge is 2.34. The lowest BCUT2D eigenvalue weighted by Crippen LogP contribution is -2.22. The Kier molecular flexibility index (Phi) is 3.27. The van der Waals surface area contributed by atoms with E-state index >= 15 is 0 Å². The number of benzene rings is 1. The van der Waals surface area contributed by atoms with Crippen LogP contribution in [0.3, 0.4) is 0 Å². The fourth-order valence-corrected chi connectivity index (χ4v) is 2.03. The molecule has 0 bridgehead atoms. The first kappa shape index (κ1) is 13.2. The molecule has 1 unspecified atom stereocenters. The number of hydrogen-bond acceptors (Lipinski definition) is 2. The predicted octanol–water partition coefficient (Wildman–Crippen LogP) is 3.59. The van der Waals surface area contributed by atoms with Gasteiger partial charge in [0, 0.05) is 0 Å². The van der Waals surface area contributed by atoms with Gasteiger partial charge in [-0.25, -0.2) is 0 Å². The second kappa shape index (κ2) is 4.46. The largest absolute Gasteiger partial charge is 0.573 e. The molecule has 1 atom stereocenters. The average Bonchev–Trinajstić information content (AvgIpc) is 2.98. The molecule has 0 saturated heterocycles. The van der Waals surface area contributed by atoms with Gasteiger partial charge in [0.1, 0.15) is 5.75 Å². The van der Waals surface area contributed by atoms with E-state index in [1.165, 1.54) is 18.2 Å². The molecule has 1 N–H and O–H groups in total. The molecule has 0 amide bonds. The molecule has 18 heavy (non-hydrogen) atoms. The zero-order valence-electron chi connectivity index (χ0n) is 10.00. The molecule has 0 radical (unpaired) electrons. The Balaban J connectivity index is 2.15. The number of halogens is 3. The summed E-state index contributed by atoms with van der Waals surface area (Å²) in [7, 11) is 0. The maximum atomic E-state index is 12.1. The molecule has 2 nitrogen and oxygen atoms in total. The first-order valence-electron chi connectivity index (χ1n) is 5.85. The normalized spacial score (nSPS) is 19.4. The first-order chi connectivity index (χ1) is 8.26. The summed E-state index contributed by atoms with van der Waals surface area (Å²) in [5.74, 6) is 0.184. The van der Waals surface area contributed by atoms with Crippen LogP contribution >= 0.6 is 0 Å². The van der Waals surface area contributed by atoms with Gasteiger partial charge in [0.2, 0.25) is 0 Å². The highest BCUT2D eigenvalue weighted by atomic mass is 19.4. The molecule has 0 spiro atoms. The Morgan fingerprint density at radius 2 is 2.00 bits per heavy atom. The lowest BCUT2D eigenvalue weighted by atomic mass is 9.90. The topological polar surface area (TPSA) is 29.5 Å². The van der Waals surface area contributed by atoms with Gasteiger partial charge in [-0.1, -0.05) is 25.0 Å². The molecule has 1 aromatic rings. The minimum absolute atomic E-state index is 0.295. The van der Waals surface area contributed by atoms with Gasteiger partial charge in [0.25, 0.3) is 0 Å². The summed E-state index contributed by atoms with van der Waals surface area (Å²) < 4.78 is 40.2. The highest BCUT2D eigenvalue weighted by Crippen LogP contribution is 2.41. The van der Waals surface area contributed by atoms with Crippen molar-refractivity contribution in [2.24, 2.45) is 5.92 Å². The van der Waals surface area contributed by atoms with E-state index in [0.717, 1.165) is 12.8 Å². The second-order valence-electron chi connectivity index (χ2n) is 5.00. The summed E-state index contributed by atoms with van der Waals surface area (Å²) in [6, 6.07) is 5.55. The minimum atomic E-state index is -4.71. The van der Waals surface area contributed by atoms with Crippen molar-refractivity contribution in [3.8, 4) is 5.75 Å². The molecule has 5 heteroatoms. The third-order valence-corrected chi connectivity index (χ3v) is 3.07. The minimum Gasteiger partial charge on any atom is -0.406 e. The van der Waals surface area contributed by atoms with Gasteiger partial charge < -0.3 is 9.84 Å². The summed E-state index contributed by atoms with van der Waals surface area (Å²) in [5.41, 5.74) is -0.650. The zero-order valence-corrected chi connectivity index (χ0v) is 10.00. The van der Waals surface area contributed by atoms with Crippen molar-refractivity contribution in [2.45, 2.75) is 38.1 Å². The molecule has 0 heterocycles. The molecule has 1 saturated carbocycles. The van der Waals surface area contributed by atoms with Crippen LogP contribution in [-0.2, 0) is 5.60 Å². The molecular formula is C13H15F3O2. The van der Waals surface area contributed by atoms with Crippen LogP contribution in [0, 0.1) is 5.92 Å². The molecule has 0 aromatic heterocycles. The quantitative estimate of drug-likeness (QED) is 0.896. The number of hydrogen-bond donors (Lipinski definition) is 1. The van der Waals surface area contributed by atoms with Crippen molar-refractivity contribution >= 4 is 0 Å². The zero-order chi connectivity index (χ0) is 13.4. The van der Waals surface area contributed by atoms with E-state index < -0.39 is 12.0 Å². The van der Waals surface area contributed by atoms with Crippen LogP contribution in [-0.4, -0.2) is 11.5 Å². The summed E-state index contributed by atoms with van der Waals surface area (Å²) >= 11 is 0. The lowest BCUT2D eigenvalue weighted by Gasteiger charge is -2.24. The predicted molar refractivity (Wildman–Crippen MR) is 60.0 cm³/mol. The Hall–Kier alpha value is -1.23. The molecule has 100 valence electrons. The maximum absolute atomic E-state index is 12.1. The molecule has 1 fully saturated rings. The van der Waals surface area contributed by atoms with Crippen molar-refractivity contribution in [1.29, 1.82) is 0 Å². The first-order valence-corrected chi connectivity index (χ1v) is 5.85. The van der Waals surface area contributed by atoms with Gasteiger partial charge >= 0.3 is 6.36 Å². The smallest absolute Gasteiger partial charge is 0.406 e. The summed E-state index contributed by atoms with van der Waals surface area (Å²) in [5, 5.41) is 10.3. The van der Waals surface area contributed by atoms with Gasteiger partial charge in [0.15, 0.2) is 0 Å². The third-order valence-electron chi connectivity index (χ3n) is 3.07. The molecule has 1 aromatic carbocycles. The monoisotopic (exact) mass is 260 g/mol. The fourth-order valence-electron chi connectivity index (χ4n) is 2.03. The van der Waals surface area contributed by atoms with Gasteiger partial charge in [-0.05, 0) is 37.0 Å². The van der Waals surface area contributed by atoms with E-state index in [-0.39, 0.29) is 5.75 Å². The average molecular weight is 260 g/mol. The van der Waals surface area contributed by atoms with Gasteiger partial charge in [-0.2, -0.15) is 0 Å². The Bertz CT molecular complexity index is 422. The van der Waals surface area contributed by atoms with Crippen molar-refractivity contribution < 1.29 is 23.0 Å². The van der Waals surface area contributed by atoms with E-state index in [4.69, 9.17) is 0 Å². The van der Waals surface area contributed by atoms with Crippen LogP contribution in [0.4, 0.5) is 13.2 Å². The number of aliphatic hydroxyl groups is 1. The van der Waals surface area contributed by atoms with Gasteiger partial charge in [0.05, 0.1) is 5.60 Å². The Labute approximate surface area is 103 Å². The third kappa shape index (κ3) is 3.63. The molecule has 1 aliphatic carbocycles. The molecule has 0 aliphatic heterocycles. The van der Waals surface area contributed by atoms with Gasteiger partial charge in [-0.15, -0.1) is 13.2 Å². The maximum Gasteiger partial charge on any atom is 0.573 e. The standard InChI is InChI=1S/C13H15F3O2/c1-12(17,8-9-5-6-9)10-3-2-4-11(7-10)18-13(14,15)16/h2-4,7,9,17H,5-6,8H2,1H3. The molecular weight excluding hydrogens is 245 g/mol. The van der Waals surface area contributed by atoms with Crippen LogP contribution in [0.5, 0.6) is 5.75 Å². The SMILES string of the molecule is CC(O)(CC1CC1)c1cccc(OC(F)(F)F)c1. The molecule has 1 aliphatic rings. The van der Waals surface area contributed by atoms with E-state index in [1.807, 2.05) is 0 Å². The lowest BCUT2D eigenvalue weighted by molar-refractivity contribution is -0.274. The van der Waals surface area contributed by atoms with Crippen LogP contribution < -0.4 is 4.74 Å². The fraction of sp³-hybridized carbons (Fsp3) is 0.538. The molecule has 2 rings (SSSR count). The van der Waals surface area contributed by atoms with E-state index in [9.17, 15) is 18.3 Å². The van der Waals surface area contributed by atoms with Crippen LogP contribution in [0.1, 0.15) is 31.7 Å². The van der Waals surface area contributed by atoms with Crippen molar-refractivity contribution in [3.63, 3.8) is 0 Å². The van der Waals surface area contributed by atoms with E-state index in [2.05, 4.69) is 4.74 Å². The summed E-state index contributed by atoms with van der Waals surface area (Å²) in [6.07, 6.45) is -1.98. The van der Waals surface area contributed by atoms with E-state index in [0.29, 0.717) is 17.9 Å². The van der Waals surface area contributed by atoms with Gasteiger partial charge in [-0.3, -0.25) is 0 Å². The number of alkyl halides is 3. The number of rotatable bonds is 4. The van der Waals surface area contributed by atoms with Crippen molar-refractivity contribution in [2.75, 3.05) is 0 Å². The summed E-state index contributed by atoms with van der Waals surface area (Å²) in [6.45, 7) is 1.62. The van der Waals surface area contributed by atoms with E-state index in [1.54, 1.807) is 13.0 Å². The summed E-state index contributed by atoms with van der Waals surface area (Å²) in [4.78, 5) is 0. The van der Waals surface area contributed by atoms with Crippen LogP contribution in [0.25, 0.3) is 0 Å². The second-order valence-corrected chi connectivity index (χ2v) is 5.00. The number of ether oxygens (including phenoxy) is 1.